The number of sulfonamides is 1. The van der Waals surface area contributed by atoms with Gasteiger partial charge in [-0.15, -0.1) is 0 Å². The van der Waals surface area contributed by atoms with Gasteiger partial charge in [-0.3, -0.25) is 9.27 Å². The van der Waals surface area contributed by atoms with Crippen LogP contribution < -0.4 is 4.72 Å². The minimum absolute atomic E-state index is 0.0355. The first-order valence-corrected chi connectivity index (χ1v) is 15.6. The van der Waals surface area contributed by atoms with Crippen molar-refractivity contribution >= 4 is 25.8 Å². The molecular weight excluding hydrogens is 462 g/mol. The molecule has 0 amide bonds. The molecule has 0 spiro atoms. The third-order valence-electron chi connectivity index (χ3n) is 5.78. The number of unbranched alkanes of at least 4 members (excludes halogenated alkanes) is 15. The molecule has 0 radical (unpaired) electrons. The van der Waals surface area contributed by atoms with Gasteiger partial charge in [-0.1, -0.05) is 103 Å². The van der Waals surface area contributed by atoms with Gasteiger partial charge in [-0.2, -0.15) is 8.42 Å². The molecule has 0 saturated heterocycles. The van der Waals surface area contributed by atoms with Gasteiger partial charge in [0.15, 0.2) is 0 Å². The van der Waals surface area contributed by atoms with Crippen molar-refractivity contribution in [3.8, 4) is 5.75 Å². The van der Waals surface area contributed by atoms with Crippen LogP contribution >= 0.6 is 0 Å². The summed E-state index contributed by atoms with van der Waals surface area (Å²) in [7, 11) is -8.15. The largest absolute Gasteiger partial charge is 0.506 e. The second-order valence-electron chi connectivity index (χ2n) is 8.88. The predicted molar refractivity (Wildman–Crippen MR) is 135 cm³/mol. The van der Waals surface area contributed by atoms with Gasteiger partial charge in [-0.25, -0.2) is 8.42 Å². The van der Waals surface area contributed by atoms with Crippen LogP contribution in [0.1, 0.15) is 110 Å². The zero-order valence-corrected chi connectivity index (χ0v) is 21.7. The van der Waals surface area contributed by atoms with Crippen molar-refractivity contribution in [3.05, 3.63) is 18.2 Å². The number of phenolic OH excluding ortho intramolecular Hbond substituents is 1. The number of benzene rings is 1. The van der Waals surface area contributed by atoms with Crippen molar-refractivity contribution in [3.63, 3.8) is 0 Å². The normalized spacial score (nSPS) is 12.2. The van der Waals surface area contributed by atoms with E-state index in [4.69, 9.17) is 4.55 Å². The summed E-state index contributed by atoms with van der Waals surface area (Å²) < 4.78 is 57.8. The van der Waals surface area contributed by atoms with E-state index in [1.165, 1.54) is 83.1 Å². The molecule has 0 aliphatic carbocycles. The van der Waals surface area contributed by atoms with Crippen LogP contribution in [0.3, 0.4) is 0 Å². The lowest BCUT2D eigenvalue weighted by Crippen LogP contribution is -2.16. The summed E-state index contributed by atoms with van der Waals surface area (Å²) in [5.41, 5.74) is 0.0522. The second-order valence-corrected chi connectivity index (χ2v) is 12.1. The number of nitrogens with one attached hydrogen (secondary N) is 1. The molecule has 0 saturated carbocycles. The quantitative estimate of drug-likeness (QED) is 0.135. The summed E-state index contributed by atoms with van der Waals surface area (Å²) in [5, 5.41) is 9.67. The Kier molecular flexibility index (Phi) is 14.7. The molecule has 1 aromatic rings. The Balaban J connectivity index is 2.05. The zero-order chi connectivity index (χ0) is 24.6. The van der Waals surface area contributed by atoms with Crippen LogP contribution in [-0.4, -0.2) is 32.2 Å². The van der Waals surface area contributed by atoms with Gasteiger partial charge >= 0.3 is 0 Å². The highest BCUT2D eigenvalue weighted by Crippen LogP contribution is 2.26. The van der Waals surface area contributed by atoms with Gasteiger partial charge in [-0.05, 0) is 18.6 Å². The third-order valence-corrected chi connectivity index (χ3v) is 8.05. The van der Waals surface area contributed by atoms with Gasteiger partial charge in [0.25, 0.3) is 10.1 Å². The van der Waals surface area contributed by atoms with Gasteiger partial charge < -0.3 is 5.11 Å². The SMILES string of the molecule is CCCCCCCCCCCCCCCCCCS(=O)(=O)Nc1ccc(S(=O)(=O)O)c(O)c1. The maximum absolute atomic E-state index is 12.2. The molecule has 0 fully saturated rings. The lowest BCUT2D eigenvalue weighted by atomic mass is 10.0. The first-order valence-electron chi connectivity index (χ1n) is 12.5. The van der Waals surface area contributed by atoms with Crippen molar-refractivity contribution in [1.82, 2.24) is 0 Å². The second kappa shape index (κ2) is 16.3. The molecule has 0 aliphatic heterocycles. The highest BCUT2D eigenvalue weighted by molar-refractivity contribution is 7.92. The molecule has 0 unspecified atom stereocenters. The fourth-order valence-corrected chi connectivity index (χ4v) is 5.61. The molecule has 0 aliphatic rings. The number of phenols is 1. The summed E-state index contributed by atoms with van der Waals surface area (Å²) in [6.07, 6.45) is 19.5. The summed E-state index contributed by atoms with van der Waals surface area (Å²) in [6, 6.07) is 3.11. The molecule has 0 atom stereocenters. The minimum atomic E-state index is -4.56. The fourth-order valence-electron chi connectivity index (χ4n) is 3.87. The summed E-state index contributed by atoms with van der Waals surface area (Å²) >= 11 is 0. The fraction of sp³-hybridized carbons (Fsp3) is 0.750. The highest BCUT2D eigenvalue weighted by Gasteiger charge is 2.17. The van der Waals surface area contributed by atoms with Gasteiger partial charge in [0.05, 0.1) is 11.4 Å². The van der Waals surface area contributed by atoms with E-state index >= 15 is 0 Å². The molecule has 7 nitrogen and oxygen atoms in total. The monoisotopic (exact) mass is 505 g/mol. The zero-order valence-electron chi connectivity index (χ0n) is 20.1. The van der Waals surface area contributed by atoms with E-state index in [1.54, 1.807) is 0 Å². The molecule has 1 aromatic carbocycles. The van der Waals surface area contributed by atoms with Crippen molar-refractivity contribution < 1.29 is 26.5 Å². The lowest BCUT2D eigenvalue weighted by molar-refractivity contribution is 0.443. The summed E-state index contributed by atoms with van der Waals surface area (Å²) in [6.45, 7) is 2.25. The number of rotatable bonds is 20. The number of anilines is 1. The van der Waals surface area contributed by atoms with Crippen molar-refractivity contribution in [1.29, 1.82) is 0 Å². The molecule has 33 heavy (non-hydrogen) atoms. The Hall–Kier alpha value is -1.32. The highest BCUT2D eigenvalue weighted by atomic mass is 32.2. The van der Waals surface area contributed by atoms with E-state index in [0.717, 1.165) is 31.4 Å². The molecular formula is C24H43NO6S2. The van der Waals surface area contributed by atoms with Gasteiger partial charge in [0, 0.05) is 6.07 Å². The van der Waals surface area contributed by atoms with E-state index < -0.39 is 30.8 Å². The van der Waals surface area contributed by atoms with Crippen LogP contribution in [0.15, 0.2) is 23.1 Å². The van der Waals surface area contributed by atoms with Crippen molar-refractivity contribution in [2.24, 2.45) is 0 Å². The molecule has 0 aromatic heterocycles. The van der Waals surface area contributed by atoms with Crippen molar-refractivity contribution in [2.45, 2.75) is 115 Å². The van der Waals surface area contributed by atoms with Crippen LogP contribution in [0.25, 0.3) is 0 Å². The number of aromatic hydroxyl groups is 1. The van der Waals surface area contributed by atoms with Crippen LogP contribution in [0.5, 0.6) is 5.75 Å². The standard InChI is InChI=1S/C24H43NO6S2/c1-2-3-4-5-6-7-8-9-10-11-12-13-14-15-16-17-20-32(27,28)25-22-18-19-24(23(26)21-22)33(29,30)31/h18-19,21,25-26H,2-17,20H2,1H3,(H,29,30,31). The predicted octanol–water partition coefficient (Wildman–Crippen LogP) is 6.64. The average molecular weight is 506 g/mol. The van der Waals surface area contributed by atoms with E-state index in [2.05, 4.69) is 11.6 Å². The first-order chi connectivity index (χ1) is 15.7. The molecule has 9 heteroatoms. The van der Waals surface area contributed by atoms with E-state index in [-0.39, 0.29) is 11.4 Å². The lowest BCUT2D eigenvalue weighted by Gasteiger charge is -2.09. The van der Waals surface area contributed by atoms with Crippen LogP contribution in [0, 0.1) is 0 Å². The topological polar surface area (TPSA) is 121 Å². The smallest absolute Gasteiger partial charge is 0.298 e. The van der Waals surface area contributed by atoms with Crippen molar-refractivity contribution in [2.75, 3.05) is 10.5 Å². The molecule has 3 N–H and O–H groups in total. The Labute approximate surface area is 201 Å². The maximum Gasteiger partial charge on any atom is 0.298 e. The Morgan fingerprint density at radius 3 is 1.52 bits per heavy atom. The molecule has 1 rings (SSSR count). The summed E-state index contributed by atoms with van der Waals surface area (Å²) in [5.74, 6) is -0.744. The minimum Gasteiger partial charge on any atom is -0.506 e. The van der Waals surface area contributed by atoms with Gasteiger partial charge in [0.1, 0.15) is 10.6 Å². The van der Waals surface area contributed by atoms with Crippen LogP contribution in [-0.2, 0) is 20.1 Å². The van der Waals surface area contributed by atoms with Crippen LogP contribution in [0.2, 0.25) is 0 Å². The van der Waals surface area contributed by atoms with E-state index in [9.17, 15) is 21.9 Å². The van der Waals surface area contributed by atoms with E-state index in [0.29, 0.717) is 6.42 Å². The summed E-state index contributed by atoms with van der Waals surface area (Å²) in [4.78, 5) is -0.664. The molecule has 0 bridgehead atoms. The molecule has 192 valence electrons. The van der Waals surface area contributed by atoms with Gasteiger partial charge in [0.2, 0.25) is 10.0 Å². The number of hydrogen-bond donors (Lipinski definition) is 3. The first kappa shape index (κ1) is 29.7. The van der Waals surface area contributed by atoms with Crippen LogP contribution in [0.4, 0.5) is 5.69 Å². The Morgan fingerprint density at radius 1 is 0.697 bits per heavy atom. The average Bonchev–Trinajstić information content (AvgIpc) is 2.72. The maximum atomic E-state index is 12.2. The Bertz CT molecular complexity index is 869. The molecule has 0 heterocycles. The third kappa shape index (κ3) is 14.5. The Morgan fingerprint density at radius 2 is 1.12 bits per heavy atom. The number of hydrogen-bond acceptors (Lipinski definition) is 5. The van der Waals surface area contributed by atoms with E-state index in [1.807, 2.05) is 0 Å².